The molecule has 1 rings (SSSR count). The van der Waals surface area contributed by atoms with Gasteiger partial charge in [0.1, 0.15) is 5.75 Å². The summed E-state index contributed by atoms with van der Waals surface area (Å²) in [6.07, 6.45) is 1.38. The molecule has 0 fully saturated rings. The van der Waals surface area contributed by atoms with Crippen molar-refractivity contribution in [2.75, 3.05) is 12.4 Å². The largest absolute Gasteiger partial charge is 0.497 e. The van der Waals surface area contributed by atoms with Crippen molar-refractivity contribution in [3.8, 4) is 5.75 Å². The van der Waals surface area contributed by atoms with Gasteiger partial charge in [0.15, 0.2) is 0 Å². The summed E-state index contributed by atoms with van der Waals surface area (Å²) in [6.45, 7) is 2.06. The van der Waals surface area contributed by atoms with Crippen LogP contribution in [0.15, 0.2) is 24.3 Å². The van der Waals surface area contributed by atoms with E-state index in [4.69, 9.17) is 4.74 Å². The molecular formula is C13H18BrNO2. The highest BCUT2D eigenvalue weighted by molar-refractivity contribution is 9.09. The molecule has 4 heteroatoms. The summed E-state index contributed by atoms with van der Waals surface area (Å²) in [5.74, 6) is 0.903. The van der Waals surface area contributed by atoms with Crippen molar-refractivity contribution in [2.24, 2.45) is 0 Å². The van der Waals surface area contributed by atoms with Crippen LogP contribution in [-0.2, 0) is 4.79 Å². The van der Waals surface area contributed by atoms with Gasteiger partial charge in [-0.25, -0.2) is 0 Å². The van der Waals surface area contributed by atoms with Crippen molar-refractivity contribution in [1.29, 1.82) is 0 Å². The number of rotatable bonds is 6. The number of methoxy groups -OCH3 is 1. The molecule has 0 aliphatic carbocycles. The molecule has 1 aromatic carbocycles. The minimum atomic E-state index is 0.0737. The Hall–Kier alpha value is -1.03. The summed E-state index contributed by atoms with van der Waals surface area (Å²) in [4.78, 5) is 11.5. The number of amides is 1. The number of carbonyl (C=O) groups is 1. The summed E-state index contributed by atoms with van der Waals surface area (Å²) in [5, 5.41) is 3.70. The van der Waals surface area contributed by atoms with Gasteiger partial charge in [-0.2, -0.15) is 0 Å². The summed E-state index contributed by atoms with van der Waals surface area (Å²) in [7, 11) is 1.64. The Kier molecular flexibility index (Phi) is 6.05. The summed E-state index contributed by atoms with van der Waals surface area (Å²) in [5.41, 5.74) is 1.11. The molecular weight excluding hydrogens is 282 g/mol. The maximum Gasteiger partial charge on any atom is 0.221 e. The van der Waals surface area contributed by atoms with Gasteiger partial charge in [0.05, 0.1) is 13.2 Å². The van der Waals surface area contributed by atoms with Crippen LogP contribution in [0.4, 0.5) is 0 Å². The molecule has 1 amide bonds. The van der Waals surface area contributed by atoms with Crippen molar-refractivity contribution in [3.63, 3.8) is 0 Å². The number of halogens is 1. The number of hydrogen-bond donors (Lipinski definition) is 1. The lowest BCUT2D eigenvalue weighted by Gasteiger charge is -2.17. The highest BCUT2D eigenvalue weighted by Gasteiger charge is 2.11. The minimum Gasteiger partial charge on any atom is -0.497 e. The van der Waals surface area contributed by atoms with Gasteiger partial charge in [-0.3, -0.25) is 4.79 Å². The lowest BCUT2D eigenvalue weighted by atomic mass is 10.0. The van der Waals surface area contributed by atoms with E-state index in [1.165, 1.54) is 0 Å². The van der Waals surface area contributed by atoms with Crippen LogP contribution in [0.5, 0.6) is 5.75 Å². The second kappa shape index (κ2) is 7.33. The standard InChI is InChI=1S/C13H18BrNO2/c1-3-12(15-13(16)8-9-14)10-4-6-11(17-2)7-5-10/h4-7,12H,3,8-9H2,1-2H3,(H,15,16). The Balaban J connectivity index is 2.68. The van der Waals surface area contributed by atoms with Crippen LogP contribution in [-0.4, -0.2) is 18.3 Å². The first-order valence-electron chi connectivity index (χ1n) is 5.70. The van der Waals surface area contributed by atoms with Crippen LogP contribution < -0.4 is 10.1 Å². The Morgan fingerprint density at radius 2 is 2.06 bits per heavy atom. The van der Waals surface area contributed by atoms with Crippen molar-refractivity contribution >= 4 is 21.8 Å². The van der Waals surface area contributed by atoms with Gasteiger partial charge in [0, 0.05) is 11.8 Å². The molecule has 0 aromatic heterocycles. The highest BCUT2D eigenvalue weighted by Crippen LogP contribution is 2.20. The molecule has 1 unspecified atom stereocenters. The first kappa shape index (κ1) is 14.0. The Bertz CT molecular complexity index is 351. The monoisotopic (exact) mass is 299 g/mol. The van der Waals surface area contributed by atoms with E-state index < -0.39 is 0 Å². The number of nitrogens with one attached hydrogen (secondary N) is 1. The molecule has 1 N–H and O–H groups in total. The number of carbonyl (C=O) groups excluding carboxylic acids is 1. The van der Waals surface area contributed by atoms with Gasteiger partial charge in [0.25, 0.3) is 0 Å². The molecule has 17 heavy (non-hydrogen) atoms. The molecule has 0 aliphatic heterocycles. The summed E-state index contributed by atoms with van der Waals surface area (Å²) < 4.78 is 5.11. The van der Waals surface area contributed by atoms with Crippen molar-refractivity contribution < 1.29 is 9.53 Å². The van der Waals surface area contributed by atoms with E-state index in [0.29, 0.717) is 11.8 Å². The SMILES string of the molecule is CCC(NC(=O)CCBr)c1ccc(OC)cc1. The zero-order chi connectivity index (χ0) is 12.7. The zero-order valence-electron chi connectivity index (χ0n) is 10.2. The van der Waals surface area contributed by atoms with Crippen LogP contribution in [0.1, 0.15) is 31.4 Å². The number of benzene rings is 1. The van der Waals surface area contributed by atoms with Crippen molar-refractivity contribution in [3.05, 3.63) is 29.8 Å². The molecule has 0 bridgehead atoms. The molecule has 0 heterocycles. The number of alkyl halides is 1. The lowest BCUT2D eigenvalue weighted by Crippen LogP contribution is -2.28. The average Bonchev–Trinajstić information content (AvgIpc) is 2.36. The normalized spacial score (nSPS) is 11.9. The van der Waals surface area contributed by atoms with E-state index >= 15 is 0 Å². The van der Waals surface area contributed by atoms with E-state index in [1.54, 1.807) is 7.11 Å². The second-order valence-corrected chi connectivity index (χ2v) is 4.53. The van der Waals surface area contributed by atoms with E-state index in [2.05, 4.69) is 28.2 Å². The summed E-state index contributed by atoms with van der Waals surface area (Å²) >= 11 is 3.26. The van der Waals surface area contributed by atoms with Crippen molar-refractivity contribution in [1.82, 2.24) is 5.32 Å². The highest BCUT2D eigenvalue weighted by atomic mass is 79.9. The molecule has 94 valence electrons. The maximum atomic E-state index is 11.5. The smallest absolute Gasteiger partial charge is 0.221 e. The topological polar surface area (TPSA) is 38.3 Å². The van der Waals surface area contributed by atoms with E-state index in [0.717, 1.165) is 17.7 Å². The molecule has 1 atom stereocenters. The van der Waals surface area contributed by atoms with Crippen LogP contribution in [0, 0.1) is 0 Å². The third-order valence-electron chi connectivity index (χ3n) is 2.58. The fourth-order valence-electron chi connectivity index (χ4n) is 1.61. The molecule has 0 saturated heterocycles. The fourth-order valence-corrected chi connectivity index (χ4v) is 1.97. The first-order valence-corrected chi connectivity index (χ1v) is 6.82. The van der Waals surface area contributed by atoms with Crippen LogP contribution >= 0.6 is 15.9 Å². The Morgan fingerprint density at radius 1 is 1.41 bits per heavy atom. The van der Waals surface area contributed by atoms with Gasteiger partial charge in [-0.05, 0) is 24.1 Å². The molecule has 0 saturated carbocycles. The predicted octanol–water partition coefficient (Wildman–Crippen LogP) is 3.05. The minimum absolute atomic E-state index is 0.0737. The van der Waals surface area contributed by atoms with Gasteiger partial charge in [0.2, 0.25) is 5.91 Å². The van der Waals surface area contributed by atoms with Gasteiger partial charge < -0.3 is 10.1 Å². The van der Waals surface area contributed by atoms with E-state index in [9.17, 15) is 4.79 Å². The molecule has 0 aliphatic rings. The van der Waals surface area contributed by atoms with Crippen LogP contribution in [0.3, 0.4) is 0 Å². The predicted molar refractivity (Wildman–Crippen MR) is 72.6 cm³/mol. The van der Waals surface area contributed by atoms with Crippen molar-refractivity contribution in [2.45, 2.75) is 25.8 Å². The molecule has 0 radical (unpaired) electrons. The Morgan fingerprint density at radius 3 is 2.53 bits per heavy atom. The van der Waals surface area contributed by atoms with Crippen LogP contribution in [0.25, 0.3) is 0 Å². The average molecular weight is 300 g/mol. The van der Waals surface area contributed by atoms with Gasteiger partial charge in [-0.15, -0.1) is 0 Å². The molecule has 0 spiro atoms. The zero-order valence-corrected chi connectivity index (χ0v) is 11.8. The van der Waals surface area contributed by atoms with E-state index in [-0.39, 0.29) is 11.9 Å². The lowest BCUT2D eigenvalue weighted by molar-refractivity contribution is -0.121. The first-order chi connectivity index (χ1) is 8.21. The van der Waals surface area contributed by atoms with Gasteiger partial charge >= 0.3 is 0 Å². The Labute approximate surface area is 111 Å². The number of ether oxygens (including phenoxy) is 1. The van der Waals surface area contributed by atoms with Crippen LogP contribution in [0.2, 0.25) is 0 Å². The third-order valence-corrected chi connectivity index (χ3v) is 2.98. The quantitative estimate of drug-likeness (QED) is 0.820. The number of hydrogen-bond acceptors (Lipinski definition) is 2. The van der Waals surface area contributed by atoms with Gasteiger partial charge in [-0.1, -0.05) is 35.0 Å². The second-order valence-electron chi connectivity index (χ2n) is 3.74. The maximum absolute atomic E-state index is 11.5. The molecule has 3 nitrogen and oxygen atoms in total. The molecule has 1 aromatic rings. The van der Waals surface area contributed by atoms with E-state index in [1.807, 2.05) is 24.3 Å². The third kappa shape index (κ3) is 4.38. The fraction of sp³-hybridized carbons (Fsp3) is 0.462. The summed E-state index contributed by atoms with van der Waals surface area (Å²) in [6, 6.07) is 7.87.